The molecule has 0 spiro atoms. The second-order valence-electron chi connectivity index (χ2n) is 6.03. The number of benzene rings is 2. The maximum Gasteiger partial charge on any atom is 0.259 e. The zero-order valence-corrected chi connectivity index (χ0v) is 16.5. The van der Waals surface area contributed by atoms with Crippen LogP contribution in [0.3, 0.4) is 0 Å². The summed E-state index contributed by atoms with van der Waals surface area (Å²) in [6.45, 7) is 1.29. The summed E-state index contributed by atoms with van der Waals surface area (Å²) in [5, 5.41) is 2.72. The maximum absolute atomic E-state index is 12.9. The van der Waals surface area contributed by atoms with E-state index in [0.717, 1.165) is 0 Å². The molecule has 3 rings (SSSR count). The minimum Gasteiger partial charge on any atom is -0.496 e. The number of methoxy groups -OCH3 is 2. The summed E-state index contributed by atoms with van der Waals surface area (Å²) in [7, 11) is -0.778. The molecule has 1 aliphatic heterocycles. The molecule has 0 bridgehead atoms. The van der Waals surface area contributed by atoms with Gasteiger partial charge in [0, 0.05) is 13.1 Å². The molecule has 1 N–H and O–H groups in total. The molecule has 0 aliphatic carbocycles. The van der Waals surface area contributed by atoms with Crippen LogP contribution >= 0.6 is 0 Å². The van der Waals surface area contributed by atoms with E-state index >= 15 is 0 Å². The fraction of sp³-hybridized carbons (Fsp3) is 0.316. The highest BCUT2D eigenvalue weighted by Gasteiger charge is 2.27. The molecule has 2 aromatic carbocycles. The Morgan fingerprint density at radius 2 is 1.71 bits per heavy atom. The van der Waals surface area contributed by atoms with Gasteiger partial charge in [-0.15, -0.1) is 0 Å². The predicted molar refractivity (Wildman–Crippen MR) is 104 cm³/mol. The molecule has 1 amide bonds. The van der Waals surface area contributed by atoms with E-state index in [2.05, 4.69) is 5.32 Å². The summed E-state index contributed by atoms with van der Waals surface area (Å²) in [6.07, 6.45) is 0. The Bertz CT molecular complexity index is 955. The normalized spacial score (nSPS) is 15.1. The average Bonchev–Trinajstić information content (AvgIpc) is 2.74. The highest BCUT2D eigenvalue weighted by Crippen LogP contribution is 2.30. The van der Waals surface area contributed by atoms with Gasteiger partial charge in [-0.25, -0.2) is 8.42 Å². The molecule has 2 aromatic rings. The third-order valence-corrected chi connectivity index (χ3v) is 6.27. The Morgan fingerprint density at radius 1 is 1.04 bits per heavy atom. The number of amides is 1. The molecule has 1 fully saturated rings. The number of morpholine rings is 1. The van der Waals surface area contributed by atoms with Crippen molar-refractivity contribution in [3.63, 3.8) is 0 Å². The van der Waals surface area contributed by atoms with Gasteiger partial charge in [0.1, 0.15) is 11.5 Å². The Hall–Kier alpha value is -2.62. The van der Waals surface area contributed by atoms with Gasteiger partial charge >= 0.3 is 0 Å². The van der Waals surface area contributed by atoms with Crippen LogP contribution in [-0.4, -0.2) is 59.2 Å². The molecule has 0 aromatic heterocycles. The standard InChI is InChI=1S/C19H22N2O6S/c1-25-17-6-4-3-5-15(17)19(22)20-16-13-14(7-8-18(16)26-2)28(23,24)21-9-11-27-12-10-21/h3-8,13H,9-12H2,1-2H3,(H,20,22). The number of rotatable bonds is 6. The molecule has 1 heterocycles. The van der Waals surface area contributed by atoms with Crippen LogP contribution in [0.25, 0.3) is 0 Å². The van der Waals surface area contributed by atoms with Crippen molar-refractivity contribution in [2.45, 2.75) is 4.90 Å². The van der Waals surface area contributed by atoms with Crippen molar-refractivity contribution in [1.29, 1.82) is 0 Å². The lowest BCUT2D eigenvalue weighted by Gasteiger charge is -2.26. The van der Waals surface area contributed by atoms with Gasteiger partial charge in [-0.3, -0.25) is 4.79 Å². The van der Waals surface area contributed by atoms with Crippen LogP contribution in [0, 0.1) is 0 Å². The first-order valence-electron chi connectivity index (χ1n) is 8.67. The number of sulfonamides is 1. The van der Waals surface area contributed by atoms with Gasteiger partial charge < -0.3 is 19.5 Å². The third kappa shape index (κ3) is 4.11. The van der Waals surface area contributed by atoms with Crippen LogP contribution in [-0.2, 0) is 14.8 Å². The minimum atomic E-state index is -3.70. The zero-order valence-electron chi connectivity index (χ0n) is 15.7. The molecule has 0 unspecified atom stereocenters. The van der Waals surface area contributed by atoms with Gasteiger partial charge in [0.15, 0.2) is 0 Å². The Morgan fingerprint density at radius 3 is 2.39 bits per heavy atom. The van der Waals surface area contributed by atoms with E-state index < -0.39 is 15.9 Å². The predicted octanol–water partition coefficient (Wildman–Crippen LogP) is 1.98. The lowest BCUT2D eigenvalue weighted by Crippen LogP contribution is -2.40. The van der Waals surface area contributed by atoms with Crippen LogP contribution in [0.4, 0.5) is 5.69 Å². The lowest BCUT2D eigenvalue weighted by atomic mass is 10.2. The van der Waals surface area contributed by atoms with Crippen molar-refractivity contribution in [2.24, 2.45) is 0 Å². The molecule has 0 radical (unpaired) electrons. The molecule has 0 atom stereocenters. The lowest BCUT2D eigenvalue weighted by molar-refractivity contribution is 0.0730. The van der Waals surface area contributed by atoms with Gasteiger partial charge in [0.05, 0.1) is 43.6 Å². The van der Waals surface area contributed by atoms with Crippen LogP contribution in [0.1, 0.15) is 10.4 Å². The van der Waals surface area contributed by atoms with E-state index in [4.69, 9.17) is 14.2 Å². The quantitative estimate of drug-likeness (QED) is 0.788. The van der Waals surface area contributed by atoms with E-state index in [1.807, 2.05) is 0 Å². The molecule has 150 valence electrons. The van der Waals surface area contributed by atoms with E-state index in [1.165, 1.54) is 36.7 Å². The summed E-state index contributed by atoms with van der Waals surface area (Å²) in [5.41, 5.74) is 0.584. The number of para-hydroxylation sites is 1. The fourth-order valence-corrected chi connectivity index (χ4v) is 4.34. The Labute approximate surface area is 164 Å². The first kappa shape index (κ1) is 20.1. The van der Waals surface area contributed by atoms with Gasteiger partial charge in [-0.05, 0) is 30.3 Å². The first-order chi connectivity index (χ1) is 13.5. The van der Waals surface area contributed by atoms with Gasteiger partial charge in [-0.2, -0.15) is 4.31 Å². The number of hydrogen-bond donors (Lipinski definition) is 1. The second kappa shape index (κ2) is 8.59. The summed E-state index contributed by atoms with van der Waals surface area (Å²) in [4.78, 5) is 12.8. The summed E-state index contributed by atoms with van der Waals surface area (Å²) in [5.74, 6) is 0.330. The van der Waals surface area contributed by atoms with E-state index in [9.17, 15) is 13.2 Å². The highest BCUT2D eigenvalue weighted by atomic mass is 32.2. The Balaban J connectivity index is 1.92. The van der Waals surface area contributed by atoms with Crippen LogP contribution < -0.4 is 14.8 Å². The third-order valence-electron chi connectivity index (χ3n) is 4.38. The average molecular weight is 406 g/mol. The van der Waals surface area contributed by atoms with Crippen molar-refractivity contribution in [2.75, 3.05) is 45.8 Å². The van der Waals surface area contributed by atoms with E-state index in [0.29, 0.717) is 30.3 Å². The van der Waals surface area contributed by atoms with Gasteiger partial charge in [0.25, 0.3) is 5.91 Å². The Kier molecular flexibility index (Phi) is 6.18. The van der Waals surface area contributed by atoms with E-state index in [1.54, 1.807) is 24.3 Å². The highest BCUT2D eigenvalue weighted by molar-refractivity contribution is 7.89. The number of nitrogens with zero attached hydrogens (tertiary/aromatic N) is 1. The number of carbonyl (C=O) groups is 1. The van der Waals surface area contributed by atoms with E-state index in [-0.39, 0.29) is 23.7 Å². The molecule has 1 aliphatic rings. The van der Waals surface area contributed by atoms with Crippen LogP contribution in [0.2, 0.25) is 0 Å². The number of carbonyl (C=O) groups excluding carboxylic acids is 1. The summed E-state index contributed by atoms with van der Waals surface area (Å²) < 4.78 is 42.9. The first-order valence-corrected chi connectivity index (χ1v) is 10.1. The minimum absolute atomic E-state index is 0.0746. The number of ether oxygens (including phenoxy) is 3. The SMILES string of the molecule is COc1ccc(S(=O)(=O)N2CCOCC2)cc1NC(=O)c1ccccc1OC. The summed E-state index contributed by atoms with van der Waals surface area (Å²) in [6, 6.07) is 11.1. The topological polar surface area (TPSA) is 94.2 Å². The maximum atomic E-state index is 12.9. The van der Waals surface area contributed by atoms with Gasteiger partial charge in [0.2, 0.25) is 10.0 Å². The smallest absolute Gasteiger partial charge is 0.259 e. The van der Waals surface area contributed by atoms with Crippen LogP contribution in [0.5, 0.6) is 11.5 Å². The molecule has 8 nitrogen and oxygen atoms in total. The molecule has 28 heavy (non-hydrogen) atoms. The van der Waals surface area contributed by atoms with Crippen molar-refractivity contribution < 1.29 is 27.4 Å². The zero-order chi connectivity index (χ0) is 20.1. The van der Waals surface area contributed by atoms with Crippen molar-refractivity contribution in [1.82, 2.24) is 4.31 Å². The van der Waals surface area contributed by atoms with Crippen LogP contribution in [0.15, 0.2) is 47.4 Å². The number of hydrogen-bond acceptors (Lipinski definition) is 6. The molecular formula is C19H22N2O6S. The summed E-state index contributed by atoms with van der Waals surface area (Å²) >= 11 is 0. The van der Waals surface area contributed by atoms with Crippen molar-refractivity contribution in [3.8, 4) is 11.5 Å². The number of nitrogens with one attached hydrogen (secondary N) is 1. The fourth-order valence-electron chi connectivity index (χ4n) is 2.90. The van der Waals surface area contributed by atoms with Crippen molar-refractivity contribution >= 4 is 21.6 Å². The largest absolute Gasteiger partial charge is 0.496 e. The van der Waals surface area contributed by atoms with Crippen molar-refractivity contribution in [3.05, 3.63) is 48.0 Å². The van der Waals surface area contributed by atoms with Gasteiger partial charge in [-0.1, -0.05) is 12.1 Å². The second-order valence-corrected chi connectivity index (χ2v) is 7.97. The molecular weight excluding hydrogens is 384 g/mol. The molecule has 0 saturated carbocycles. The molecule has 9 heteroatoms. The monoisotopic (exact) mass is 406 g/mol. The molecule has 1 saturated heterocycles. The number of anilines is 1.